The number of hydrogen-bond donors (Lipinski definition) is 0. The minimum Gasteiger partial charge on any atom is -0.495 e. The molecule has 7 heteroatoms. The van der Waals surface area contributed by atoms with E-state index in [2.05, 4.69) is 0 Å². The third-order valence-corrected chi connectivity index (χ3v) is 7.55. The SMILES string of the molecule is CC[C@H](C)N(Cc1ccccc1)C(=O)c1ccc(S(=O)(=O)N(C)c2ccccc2OC)cc1. The van der Waals surface area contributed by atoms with E-state index in [4.69, 9.17) is 4.74 Å². The molecule has 0 aliphatic heterocycles. The fraction of sp³-hybridized carbons (Fsp3) is 0.269. The van der Waals surface area contributed by atoms with Gasteiger partial charge in [-0.25, -0.2) is 8.42 Å². The van der Waals surface area contributed by atoms with E-state index in [0.29, 0.717) is 23.5 Å². The first-order valence-electron chi connectivity index (χ1n) is 10.9. The maximum Gasteiger partial charge on any atom is 0.264 e. The molecule has 1 amide bonds. The highest BCUT2D eigenvalue weighted by molar-refractivity contribution is 7.92. The number of ether oxygens (including phenoxy) is 1. The molecule has 174 valence electrons. The Morgan fingerprint density at radius 2 is 1.55 bits per heavy atom. The lowest BCUT2D eigenvalue weighted by molar-refractivity contribution is 0.0671. The van der Waals surface area contributed by atoms with Crippen molar-refractivity contribution in [3.63, 3.8) is 0 Å². The molecule has 0 spiro atoms. The van der Waals surface area contributed by atoms with Crippen molar-refractivity contribution in [1.29, 1.82) is 0 Å². The molecule has 0 bridgehead atoms. The zero-order valence-electron chi connectivity index (χ0n) is 19.4. The summed E-state index contributed by atoms with van der Waals surface area (Å²) in [5.74, 6) is 0.329. The van der Waals surface area contributed by atoms with E-state index in [1.165, 1.54) is 30.6 Å². The first-order valence-corrected chi connectivity index (χ1v) is 12.3. The van der Waals surface area contributed by atoms with E-state index >= 15 is 0 Å². The zero-order chi connectivity index (χ0) is 24.0. The second-order valence-electron chi connectivity index (χ2n) is 7.84. The van der Waals surface area contributed by atoms with Crippen molar-refractivity contribution in [2.75, 3.05) is 18.5 Å². The Morgan fingerprint density at radius 1 is 0.939 bits per heavy atom. The zero-order valence-corrected chi connectivity index (χ0v) is 20.2. The summed E-state index contributed by atoms with van der Waals surface area (Å²) < 4.78 is 32.9. The topological polar surface area (TPSA) is 66.9 Å². The highest BCUT2D eigenvalue weighted by Crippen LogP contribution is 2.31. The second-order valence-corrected chi connectivity index (χ2v) is 9.81. The van der Waals surface area contributed by atoms with Gasteiger partial charge in [-0.2, -0.15) is 0 Å². The Bertz CT molecular complexity index is 1180. The number of amides is 1. The van der Waals surface area contributed by atoms with Gasteiger partial charge < -0.3 is 9.64 Å². The first kappa shape index (κ1) is 24.3. The van der Waals surface area contributed by atoms with Crippen LogP contribution in [0, 0.1) is 0 Å². The van der Waals surface area contributed by atoms with E-state index in [-0.39, 0.29) is 16.8 Å². The lowest BCUT2D eigenvalue weighted by Crippen LogP contribution is -2.37. The Hall–Kier alpha value is -3.32. The first-order chi connectivity index (χ1) is 15.8. The van der Waals surface area contributed by atoms with Crippen LogP contribution in [0.4, 0.5) is 5.69 Å². The Morgan fingerprint density at radius 3 is 2.15 bits per heavy atom. The van der Waals surface area contributed by atoms with Gasteiger partial charge in [0.05, 0.1) is 17.7 Å². The third-order valence-electron chi connectivity index (χ3n) is 5.76. The second kappa shape index (κ2) is 10.5. The van der Waals surface area contributed by atoms with Crippen molar-refractivity contribution in [1.82, 2.24) is 4.90 Å². The number of anilines is 1. The predicted octanol–water partition coefficient (Wildman–Crippen LogP) is 4.96. The largest absolute Gasteiger partial charge is 0.495 e. The standard InChI is InChI=1S/C26H30N2O4S/c1-5-20(2)28(19-21-11-7-6-8-12-21)26(29)22-15-17-23(18-16-22)33(30,31)27(3)24-13-9-10-14-25(24)32-4/h6-18,20H,5,19H2,1-4H3/t20-/m0/s1. The van der Waals surface area contributed by atoms with Crippen LogP contribution in [0.15, 0.2) is 83.8 Å². The van der Waals surface area contributed by atoms with Gasteiger partial charge >= 0.3 is 0 Å². The Kier molecular flexibility index (Phi) is 7.76. The average Bonchev–Trinajstić information content (AvgIpc) is 2.86. The molecule has 6 nitrogen and oxygen atoms in total. The van der Waals surface area contributed by atoms with Gasteiger partial charge in [-0.05, 0) is 55.3 Å². The maximum absolute atomic E-state index is 13.3. The number of carbonyl (C=O) groups is 1. The molecular formula is C26H30N2O4S. The molecule has 0 radical (unpaired) electrons. The summed E-state index contributed by atoms with van der Waals surface area (Å²) in [6.45, 7) is 4.55. The minimum atomic E-state index is -3.83. The van der Waals surface area contributed by atoms with E-state index in [9.17, 15) is 13.2 Å². The molecule has 0 saturated carbocycles. The van der Waals surface area contributed by atoms with Gasteiger partial charge in [-0.1, -0.05) is 49.4 Å². The van der Waals surface area contributed by atoms with Crippen molar-refractivity contribution >= 4 is 21.6 Å². The van der Waals surface area contributed by atoms with Crippen LogP contribution in [0.1, 0.15) is 36.2 Å². The molecule has 0 N–H and O–H groups in total. The van der Waals surface area contributed by atoms with Crippen molar-refractivity contribution < 1.29 is 17.9 Å². The fourth-order valence-corrected chi connectivity index (χ4v) is 4.75. The minimum absolute atomic E-state index is 0.0396. The van der Waals surface area contributed by atoms with Gasteiger partial charge in [0.25, 0.3) is 15.9 Å². The number of carbonyl (C=O) groups excluding carboxylic acids is 1. The van der Waals surface area contributed by atoms with Crippen molar-refractivity contribution in [2.24, 2.45) is 0 Å². The van der Waals surface area contributed by atoms with Crippen LogP contribution in [0.2, 0.25) is 0 Å². The number of para-hydroxylation sites is 2. The van der Waals surface area contributed by atoms with E-state index in [0.717, 1.165) is 12.0 Å². The summed E-state index contributed by atoms with van der Waals surface area (Å²) in [4.78, 5) is 15.2. The van der Waals surface area contributed by atoms with Crippen molar-refractivity contribution in [3.05, 3.63) is 90.0 Å². The van der Waals surface area contributed by atoms with Gasteiger partial charge in [-0.3, -0.25) is 9.10 Å². The molecule has 0 fully saturated rings. The highest BCUT2D eigenvalue weighted by Gasteiger charge is 2.25. The molecule has 0 heterocycles. The number of methoxy groups -OCH3 is 1. The predicted molar refractivity (Wildman–Crippen MR) is 131 cm³/mol. The number of hydrogen-bond acceptors (Lipinski definition) is 4. The van der Waals surface area contributed by atoms with Crippen molar-refractivity contribution in [2.45, 2.75) is 37.8 Å². The monoisotopic (exact) mass is 466 g/mol. The molecule has 0 aromatic heterocycles. The van der Waals surface area contributed by atoms with Crippen LogP contribution in [0.5, 0.6) is 5.75 Å². The summed E-state index contributed by atoms with van der Waals surface area (Å²) in [6.07, 6.45) is 0.814. The van der Waals surface area contributed by atoms with E-state index < -0.39 is 10.0 Å². The molecule has 0 aliphatic rings. The molecule has 3 aromatic rings. The number of sulfonamides is 1. The van der Waals surface area contributed by atoms with Crippen molar-refractivity contribution in [3.8, 4) is 5.75 Å². The van der Waals surface area contributed by atoms with Gasteiger partial charge in [0.15, 0.2) is 0 Å². The molecular weight excluding hydrogens is 436 g/mol. The molecule has 3 aromatic carbocycles. The summed E-state index contributed by atoms with van der Waals surface area (Å²) in [7, 11) is -0.847. The number of benzene rings is 3. The summed E-state index contributed by atoms with van der Waals surface area (Å²) in [5.41, 5.74) is 1.93. The van der Waals surface area contributed by atoms with Crippen LogP contribution in [0.25, 0.3) is 0 Å². The van der Waals surface area contributed by atoms with Crippen LogP contribution in [-0.4, -0.2) is 39.4 Å². The van der Waals surface area contributed by atoms with Crippen LogP contribution in [-0.2, 0) is 16.6 Å². The highest BCUT2D eigenvalue weighted by atomic mass is 32.2. The van der Waals surface area contributed by atoms with Gasteiger partial charge in [0.2, 0.25) is 0 Å². The van der Waals surface area contributed by atoms with Crippen LogP contribution < -0.4 is 9.04 Å². The number of nitrogens with zero attached hydrogens (tertiary/aromatic N) is 2. The van der Waals surface area contributed by atoms with Gasteiger partial charge in [0, 0.05) is 25.2 Å². The lowest BCUT2D eigenvalue weighted by atomic mass is 10.1. The van der Waals surface area contributed by atoms with Gasteiger partial charge in [0.1, 0.15) is 5.75 Å². The Labute approximate surface area is 196 Å². The lowest BCUT2D eigenvalue weighted by Gasteiger charge is -2.29. The molecule has 0 saturated heterocycles. The molecule has 33 heavy (non-hydrogen) atoms. The van der Waals surface area contributed by atoms with Crippen LogP contribution >= 0.6 is 0 Å². The van der Waals surface area contributed by atoms with E-state index in [1.807, 2.05) is 49.1 Å². The van der Waals surface area contributed by atoms with Gasteiger partial charge in [-0.15, -0.1) is 0 Å². The molecule has 3 rings (SSSR count). The summed E-state index contributed by atoms with van der Waals surface area (Å²) in [5, 5.41) is 0. The normalized spacial score (nSPS) is 12.1. The number of rotatable bonds is 9. The van der Waals surface area contributed by atoms with Crippen LogP contribution in [0.3, 0.4) is 0 Å². The summed E-state index contributed by atoms with van der Waals surface area (Å²) in [6, 6.07) is 22.9. The molecule has 0 unspecified atom stereocenters. The Balaban J connectivity index is 1.86. The average molecular weight is 467 g/mol. The molecule has 1 atom stereocenters. The quantitative estimate of drug-likeness (QED) is 0.447. The smallest absolute Gasteiger partial charge is 0.264 e. The fourth-order valence-electron chi connectivity index (χ4n) is 3.54. The third kappa shape index (κ3) is 5.37. The molecule has 0 aliphatic carbocycles. The maximum atomic E-state index is 13.3. The summed E-state index contributed by atoms with van der Waals surface area (Å²) >= 11 is 0. The van der Waals surface area contributed by atoms with E-state index in [1.54, 1.807) is 36.4 Å².